The molecule has 4 atom stereocenters. The number of nitrogens with one attached hydrogen (secondary N) is 6. The quantitative estimate of drug-likeness (QED) is 0.0721. The van der Waals surface area contributed by atoms with Crippen LogP contribution in [0, 0.1) is 5.92 Å². The monoisotopic (exact) mass is 838 g/mol. The molecule has 2 rings (SSSR count). The minimum absolute atomic E-state index is 0.0368. The second kappa shape index (κ2) is 26.1. The summed E-state index contributed by atoms with van der Waals surface area (Å²) in [7, 11) is 0. The first-order valence-electron chi connectivity index (χ1n) is 21.2. The average molecular weight is 838 g/mol. The van der Waals surface area contributed by atoms with Gasteiger partial charge in [0.1, 0.15) is 35.4 Å². The van der Waals surface area contributed by atoms with Gasteiger partial charge in [0.05, 0.1) is 0 Å². The Morgan fingerprint density at radius 1 is 0.533 bits per heavy atom. The predicted molar refractivity (Wildman–Crippen MR) is 233 cm³/mol. The van der Waals surface area contributed by atoms with Crippen LogP contribution in [0.1, 0.15) is 111 Å². The predicted octanol–water partition coefficient (Wildman–Crippen LogP) is 4.81. The van der Waals surface area contributed by atoms with Crippen LogP contribution in [0.3, 0.4) is 0 Å². The van der Waals surface area contributed by atoms with Gasteiger partial charge in [-0.2, -0.15) is 0 Å². The van der Waals surface area contributed by atoms with Gasteiger partial charge in [-0.05, 0) is 104 Å². The van der Waals surface area contributed by atoms with E-state index in [9.17, 15) is 28.8 Å². The molecule has 15 nitrogen and oxygen atoms in total. The van der Waals surface area contributed by atoms with Gasteiger partial charge in [-0.25, -0.2) is 9.59 Å². The number of alkyl carbamates (subject to hydrolysis) is 2. The molecule has 0 aliphatic carbocycles. The van der Waals surface area contributed by atoms with Crippen LogP contribution in [0.5, 0.6) is 0 Å². The molecule has 2 aromatic rings. The molecule has 0 spiro atoms. The lowest BCUT2D eigenvalue weighted by molar-refractivity contribution is -0.134. The highest BCUT2D eigenvalue weighted by Gasteiger charge is 2.33. The average Bonchev–Trinajstić information content (AvgIpc) is 3.15. The van der Waals surface area contributed by atoms with Gasteiger partial charge in [0.2, 0.25) is 23.6 Å². The largest absolute Gasteiger partial charge is 0.444 e. The number of ether oxygens (including phenoxy) is 2. The molecule has 8 N–H and O–H groups in total. The van der Waals surface area contributed by atoms with Crippen LogP contribution < -0.4 is 37.6 Å². The van der Waals surface area contributed by atoms with Crippen molar-refractivity contribution in [3.05, 3.63) is 71.8 Å². The van der Waals surface area contributed by atoms with Crippen LogP contribution >= 0.6 is 0 Å². The molecule has 0 aliphatic rings. The zero-order valence-corrected chi connectivity index (χ0v) is 37.0. The van der Waals surface area contributed by atoms with Gasteiger partial charge in [-0.1, -0.05) is 80.9 Å². The molecule has 60 heavy (non-hydrogen) atoms. The first-order chi connectivity index (χ1) is 28.3. The third-order valence-electron chi connectivity index (χ3n) is 8.95. The lowest BCUT2D eigenvalue weighted by Gasteiger charge is -2.28. The molecule has 0 radical (unpaired) electrons. The number of rotatable bonds is 24. The fourth-order valence-electron chi connectivity index (χ4n) is 6.12. The molecule has 0 fully saturated rings. The highest BCUT2D eigenvalue weighted by molar-refractivity contribution is 5.95. The molecule has 6 amide bonds. The molecule has 0 aromatic heterocycles. The van der Waals surface area contributed by atoms with Crippen molar-refractivity contribution < 1.29 is 38.2 Å². The van der Waals surface area contributed by atoms with Crippen LogP contribution in [0.2, 0.25) is 0 Å². The lowest BCUT2D eigenvalue weighted by Crippen LogP contribution is -2.59. The van der Waals surface area contributed by atoms with Gasteiger partial charge >= 0.3 is 12.2 Å². The Balaban J connectivity index is 2.31. The first-order valence-corrected chi connectivity index (χ1v) is 21.2. The van der Waals surface area contributed by atoms with E-state index in [1.807, 2.05) is 74.5 Å². The molecule has 0 saturated heterocycles. The molecular formula is C45H71N7O8. The number of hydrogen-bond acceptors (Lipinski definition) is 9. The Hall–Kier alpha value is -5.18. The Labute approximate surface area is 356 Å². The minimum atomic E-state index is -1.15. The molecule has 2 aromatic carbocycles. The van der Waals surface area contributed by atoms with Crippen LogP contribution in [-0.2, 0) is 41.5 Å². The first kappa shape index (κ1) is 51.0. The fraction of sp³-hybridized carbons (Fsp3) is 0.600. The van der Waals surface area contributed by atoms with Crippen LogP contribution in [-0.4, -0.2) is 90.8 Å². The van der Waals surface area contributed by atoms with Crippen molar-refractivity contribution in [3.63, 3.8) is 0 Å². The van der Waals surface area contributed by atoms with E-state index in [1.165, 1.54) is 0 Å². The zero-order valence-electron chi connectivity index (χ0n) is 37.0. The van der Waals surface area contributed by atoms with E-state index < -0.39 is 65.3 Å². The molecule has 15 heteroatoms. The van der Waals surface area contributed by atoms with E-state index in [0.717, 1.165) is 30.4 Å². The molecule has 0 unspecified atom stereocenters. The van der Waals surface area contributed by atoms with Gasteiger partial charge in [-0.15, -0.1) is 0 Å². The van der Waals surface area contributed by atoms with Gasteiger partial charge in [0.15, 0.2) is 0 Å². The standard InChI is InChI=1S/C45H71N7O8/c1-31(2)28-35(39(54)49-34(38(53)47-26-18-11-17-25-46)24-16-19-27-48-42(57)59-44(3,4)5)50-40(55)36(29-32-20-12-9-13-21-32)51-41(56)37(30-33-22-14-10-15-23-33)52-43(58)60-45(6,7)8/h9-10,12-15,20-23,31,34-37H,11,16-19,24-30,46H2,1-8H3,(H,47,53)(H,48,57)(H,49,54)(H,50,55)(H,51,56)(H,52,58)/t34-,35-,36-,37-/m1/s1. The summed E-state index contributed by atoms with van der Waals surface area (Å²) in [5.41, 5.74) is 5.70. The number of carbonyl (C=O) groups excluding carboxylic acids is 6. The number of unbranched alkanes of at least 4 members (excludes halogenated alkanes) is 3. The number of hydrogen-bond donors (Lipinski definition) is 7. The van der Waals surface area contributed by atoms with E-state index in [1.54, 1.807) is 41.5 Å². The number of amides is 6. The highest BCUT2D eigenvalue weighted by Crippen LogP contribution is 2.13. The molecule has 334 valence electrons. The van der Waals surface area contributed by atoms with Crippen LogP contribution in [0.25, 0.3) is 0 Å². The lowest BCUT2D eigenvalue weighted by atomic mass is 9.99. The van der Waals surface area contributed by atoms with Crippen molar-refractivity contribution >= 4 is 35.8 Å². The van der Waals surface area contributed by atoms with E-state index in [2.05, 4.69) is 31.9 Å². The van der Waals surface area contributed by atoms with Crippen molar-refractivity contribution in [1.82, 2.24) is 31.9 Å². The second-order valence-corrected chi connectivity index (χ2v) is 17.5. The summed E-state index contributed by atoms with van der Waals surface area (Å²) in [6, 6.07) is 14.1. The highest BCUT2D eigenvalue weighted by atomic mass is 16.6. The minimum Gasteiger partial charge on any atom is -0.444 e. The fourth-order valence-corrected chi connectivity index (χ4v) is 6.12. The van der Waals surface area contributed by atoms with Crippen molar-refractivity contribution in [3.8, 4) is 0 Å². The molecule has 0 bridgehead atoms. The van der Waals surface area contributed by atoms with E-state index in [4.69, 9.17) is 15.2 Å². The summed E-state index contributed by atoms with van der Waals surface area (Å²) in [5, 5.41) is 16.9. The number of benzene rings is 2. The summed E-state index contributed by atoms with van der Waals surface area (Å²) in [6.45, 7) is 15.6. The van der Waals surface area contributed by atoms with Gasteiger partial charge in [0, 0.05) is 25.9 Å². The summed E-state index contributed by atoms with van der Waals surface area (Å²) in [5.74, 6) is -2.18. The zero-order chi connectivity index (χ0) is 44.7. The van der Waals surface area contributed by atoms with E-state index in [0.29, 0.717) is 32.5 Å². The maximum Gasteiger partial charge on any atom is 0.408 e. The summed E-state index contributed by atoms with van der Waals surface area (Å²) in [4.78, 5) is 80.9. The molecular weight excluding hydrogens is 767 g/mol. The molecule has 0 saturated carbocycles. The topological polar surface area (TPSA) is 219 Å². The maximum absolute atomic E-state index is 14.3. The molecule has 0 aliphatic heterocycles. The van der Waals surface area contributed by atoms with Crippen LogP contribution in [0.4, 0.5) is 9.59 Å². The third kappa shape index (κ3) is 22.3. The maximum atomic E-state index is 14.3. The van der Waals surface area contributed by atoms with E-state index in [-0.39, 0.29) is 37.5 Å². The number of carbonyl (C=O) groups is 6. The van der Waals surface area contributed by atoms with Gasteiger partial charge < -0.3 is 47.1 Å². The Morgan fingerprint density at radius 2 is 0.983 bits per heavy atom. The normalized spacial score (nSPS) is 13.5. The van der Waals surface area contributed by atoms with E-state index >= 15 is 0 Å². The third-order valence-corrected chi connectivity index (χ3v) is 8.95. The summed E-state index contributed by atoms with van der Waals surface area (Å²) >= 11 is 0. The Kier molecular flexibility index (Phi) is 22.2. The number of nitrogens with two attached hydrogens (primary N) is 1. The van der Waals surface area contributed by atoms with Crippen molar-refractivity contribution in [2.75, 3.05) is 19.6 Å². The Bertz CT molecular complexity index is 1630. The summed E-state index contributed by atoms with van der Waals surface area (Å²) in [6.07, 6.45) is 2.83. The van der Waals surface area contributed by atoms with Crippen molar-refractivity contribution in [2.45, 2.75) is 149 Å². The van der Waals surface area contributed by atoms with Crippen molar-refractivity contribution in [2.24, 2.45) is 11.7 Å². The van der Waals surface area contributed by atoms with Crippen LogP contribution in [0.15, 0.2) is 60.7 Å². The Morgan fingerprint density at radius 3 is 1.50 bits per heavy atom. The molecule has 0 heterocycles. The second-order valence-electron chi connectivity index (χ2n) is 17.5. The smallest absolute Gasteiger partial charge is 0.408 e. The van der Waals surface area contributed by atoms with Crippen molar-refractivity contribution in [1.29, 1.82) is 0 Å². The summed E-state index contributed by atoms with van der Waals surface area (Å²) < 4.78 is 10.8. The van der Waals surface area contributed by atoms with Gasteiger partial charge in [-0.3, -0.25) is 19.2 Å². The van der Waals surface area contributed by atoms with Gasteiger partial charge in [0.25, 0.3) is 0 Å². The SMILES string of the molecule is CC(C)C[C@@H](NC(=O)[C@@H](Cc1ccccc1)NC(=O)[C@@H](Cc1ccccc1)NC(=O)OC(C)(C)C)C(=O)N[C@H](CCCCNC(=O)OC(C)(C)C)C(=O)NCCCCCN.